The molecule has 0 bridgehead atoms. The van der Waals surface area contributed by atoms with Gasteiger partial charge in [-0.05, 0) is 43.9 Å². The van der Waals surface area contributed by atoms with Crippen LogP contribution in [0.5, 0.6) is 0 Å². The van der Waals surface area contributed by atoms with E-state index in [9.17, 15) is 4.79 Å². The minimum atomic E-state index is -0.0101. The van der Waals surface area contributed by atoms with Crippen LogP contribution in [-0.4, -0.2) is 72.9 Å². The van der Waals surface area contributed by atoms with Crippen LogP contribution in [0.2, 0.25) is 0 Å². The molecule has 10 nitrogen and oxygen atoms in total. The lowest BCUT2D eigenvalue weighted by atomic mass is 9.96. The molecule has 2 aliphatic rings. The van der Waals surface area contributed by atoms with E-state index in [-0.39, 0.29) is 18.1 Å². The molecule has 0 saturated carbocycles. The molecule has 5 heterocycles. The van der Waals surface area contributed by atoms with E-state index in [0.717, 1.165) is 43.9 Å². The first-order valence-corrected chi connectivity index (χ1v) is 10.1. The quantitative estimate of drug-likeness (QED) is 0.715. The fourth-order valence-corrected chi connectivity index (χ4v) is 4.04. The Bertz CT molecular complexity index is 971. The van der Waals surface area contributed by atoms with Crippen LogP contribution < -0.4 is 5.32 Å². The molecule has 0 aliphatic carbocycles. The number of piperidine rings is 1. The Balaban J connectivity index is 1.24. The molecule has 2 fully saturated rings. The first-order valence-electron chi connectivity index (χ1n) is 10.1. The van der Waals surface area contributed by atoms with Crippen LogP contribution in [0.15, 0.2) is 30.6 Å². The van der Waals surface area contributed by atoms with Crippen molar-refractivity contribution in [3.05, 3.63) is 36.4 Å². The maximum atomic E-state index is 12.4. The van der Waals surface area contributed by atoms with Gasteiger partial charge >= 0.3 is 6.03 Å². The molecule has 2 amide bonds. The van der Waals surface area contributed by atoms with E-state index in [1.807, 2.05) is 29.3 Å². The minimum absolute atomic E-state index is 0.0101. The highest BCUT2D eigenvalue weighted by Gasteiger charge is 2.28. The molecule has 0 spiro atoms. The predicted octanol–water partition coefficient (Wildman–Crippen LogP) is 1.38. The normalized spacial score (nSPS) is 20.4. The predicted molar refractivity (Wildman–Crippen MR) is 104 cm³/mol. The van der Waals surface area contributed by atoms with Crippen molar-refractivity contribution in [3.8, 4) is 5.82 Å². The smallest absolute Gasteiger partial charge is 0.317 e. The van der Waals surface area contributed by atoms with Gasteiger partial charge in [-0.2, -0.15) is 9.61 Å². The van der Waals surface area contributed by atoms with Crippen LogP contribution in [0.25, 0.3) is 11.5 Å². The second-order valence-electron chi connectivity index (χ2n) is 7.55. The van der Waals surface area contributed by atoms with Crippen molar-refractivity contribution >= 4 is 11.7 Å². The van der Waals surface area contributed by atoms with Gasteiger partial charge in [-0.15, -0.1) is 15.3 Å². The molecule has 2 aliphatic heterocycles. The van der Waals surface area contributed by atoms with Crippen molar-refractivity contribution in [1.82, 2.24) is 39.8 Å². The average molecular weight is 396 g/mol. The van der Waals surface area contributed by atoms with Crippen molar-refractivity contribution in [3.63, 3.8) is 0 Å². The van der Waals surface area contributed by atoms with Gasteiger partial charge in [0.15, 0.2) is 17.3 Å². The van der Waals surface area contributed by atoms with Crippen molar-refractivity contribution in [1.29, 1.82) is 0 Å². The van der Waals surface area contributed by atoms with Gasteiger partial charge in [0, 0.05) is 44.6 Å². The molecule has 0 radical (unpaired) electrons. The third-order valence-electron chi connectivity index (χ3n) is 5.66. The molecule has 10 heteroatoms. The van der Waals surface area contributed by atoms with E-state index in [1.165, 1.54) is 0 Å². The Morgan fingerprint density at radius 3 is 2.86 bits per heavy atom. The first-order chi connectivity index (χ1) is 14.3. The summed E-state index contributed by atoms with van der Waals surface area (Å²) in [6, 6.07) is 5.62. The summed E-state index contributed by atoms with van der Waals surface area (Å²) in [6.45, 7) is 2.77. The van der Waals surface area contributed by atoms with Gasteiger partial charge in [0.25, 0.3) is 0 Å². The molecule has 3 aromatic heterocycles. The third-order valence-corrected chi connectivity index (χ3v) is 5.66. The fourth-order valence-electron chi connectivity index (χ4n) is 4.04. The summed E-state index contributed by atoms with van der Waals surface area (Å²) in [4.78, 5) is 14.3. The van der Waals surface area contributed by atoms with E-state index >= 15 is 0 Å². The maximum Gasteiger partial charge on any atom is 0.317 e. The van der Waals surface area contributed by atoms with E-state index < -0.39 is 0 Å². The number of carbonyl (C=O) groups is 1. The van der Waals surface area contributed by atoms with Crippen LogP contribution in [0, 0.1) is 0 Å². The average Bonchev–Trinajstić information content (AvgIpc) is 3.53. The molecular formula is C19H24N8O2. The number of likely N-dealkylation sites (tertiary alicyclic amines) is 1. The SMILES string of the molecule is O=C(NCC1CCCO1)N1CCC(c2nnc3ccc(-n4cccn4)nn23)CC1. The number of urea groups is 1. The van der Waals surface area contributed by atoms with Crippen LogP contribution in [0.3, 0.4) is 0 Å². The lowest BCUT2D eigenvalue weighted by molar-refractivity contribution is 0.108. The molecule has 1 N–H and O–H groups in total. The van der Waals surface area contributed by atoms with E-state index in [0.29, 0.717) is 25.3 Å². The summed E-state index contributed by atoms with van der Waals surface area (Å²) in [6.07, 6.45) is 7.51. The summed E-state index contributed by atoms with van der Waals surface area (Å²) in [7, 11) is 0. The van der Waals surface area contributed by atoms with Crippen molar-refractivity contribution < 1.29 is 9.53 Å². The number of nitrogens with zero attached hydrogens (tertiary/aromatic N) is 7. The number of carbonyl (C=O) groups excluding carboxylic acids is 1. The van der Waals surface area contributed by atoms with Gasteiger partial charge in [-0.25, -0.2) is 9.48 Å². The summed E-state index contributed by atoms with van der Waals surface area (Å²) < 4.78 is 9.08. The van der Waals surface area contributed by atoms with Crippen LogP contribution >= 0.6 is 0 Å². The van der Waals surface area contributed by atoms with E-state index in [2.05, 4.69) is 25.7 Å². The van der Waals surface area contributed by atoms with Gasteiger partial charge in [0.1, 0.15) is 0 Å². The number of fused-ring (bicyclic) bond motifs is 1. The molecule has 3 aromatic rings. The molecular weight excluding hydrogens is 372 g/mol. The Morgan fingerprint density at radius 2 is 2.10 bits per heavy atom. The Morgan fingerprint density at radius 1 is 1.21 bits per heavy atom. The number of hydrogen-bond donors (Lipinski definition) is 1. The van der Waals surface area contributed by atoms with Gasteiger partial charge in [-0.3, -0.25) is 0 Å². The Hall–Kier alpha value is -3.01. The number of hydrogen-bond acceptors (Lipinski definition) is 6. The second kappa shape index (κ2) is 7.78. The lowest BCUT2D eigenvalue weighted by Crippen LogP contribution is -2.46. The van der Waals surface area contributed by atoms with Gasteiger partial charge < -0.3 is 15.0 Å². The maximum absolute atomic E-state index is 12.4. The first kappa shape index (κ1) is 18.0. The van der Waals surface area contributed by atoms with Crippen molar-refractivity contribution in [2.75, 3.05) is 26.2 Å². The van der Waals surface area contributed by atoms with Gasteiger partial charge in [0.2, 0.25) is 0 Å². The van der Waals surface area contributed by atoms with E-state index in [4.69, 9.17) is 4.74 Å². The second-order valence-corrected chi connectivity index (χ2v) is 7.55. The summed E-state index contributed by atoms with van der Waals surface area (Å²) in [5.74, 6) is 1.77. The topological polar surface area (TPSA) is 102 Å². The summed E-state index contributed by atoms with van der Waals surface area (Å²) >= 11 is 0. The standard InChI is InChI=1S/C19H24N8O2/c28-19(20-13-15-3-1-12-29-15)25-10-6-14(7-11-25)18-23-22-16-4-5-17(24-27(16)18)26-9-2-8-21-26/h2,4-5,8-9,14-15H,1,3,6-7,10-13H2,(H,20,28). The van der Waals surface area contributed by atoms with Crippen LogP contribution in [0.1, 0.15) is 37.4 Å². The van der Waals surface area contributed by atoms with Gasteiger partial charge in [-0.1, -0.05) is 0 Å². The van der Waals surface area contributed by atoms with Crippen molar-refractivity contribution in [2.45, 2.75) is 37.7 Å². The van der Waals surface area contributed by atoms with Crippen LogP contribution in [0.4, 0.5) is 4.79 Å². The number of amides is 2. The van der Waals surface area contributed by atoms with E-state index in [1.54, 1.807) is 15.4 Å². The Labute approximate surface area is 167 Å². The molecule has 29 heavy (non-hydrogen) atoms. The monoisotopic (exact) mass is 396 g/mol. The number of ether oxygens (including phenoxy) is 1. The molecule has 5 rings (SSSR count). The number of rotatable bonds is 4. The highest BCUT2D eigenvalue weighted by atomic mass is 16.5. The molecule has 1 unspecified atom stereocenters. The largest absolute Gasteiger partial charge is 0.376 e. The zero-order valence-corrected chi connectivity index (χ0v) is 16.1. The Kier molecular flexibility index (Phi) is 4.84. The van der Waals surface area contributed by atoms with Crippen molar-refractivity contribution in [2.24, 2.45) is 0 Å². The van der Waals surface area contributed by atoms with Crippen LogP contribution in [-0.2, 0) is 4.74 Å². The summed E-state index contributed by atoms with van der Waals surface area (Å²) in [5.41, 5.74) is 0.715. The lowest BCUT2D eigenvalue weighted by Gasteiger charge is -2.31. The zero-order chi connectivity index (χ0) is 19.6. The molecule has 2 saturated heterocycles. The zero-order valence-electron chi connectivity index (χ0n) is 16.1. The fraction of sp³-hybridized carbons (Fsp3) is 0.526. The third kappa shape index (κ3) is 3.67. The highest BCUT2D eigenvalue weighted by molar-refractivity contribution is 5.74. The molecule has 0 aromatic carbocycles. The minimum Gasteiger partial charge on any atom is -0.376 e. The highest BCUT2D eigenvalue weighted by Crippen LogP contribution is 2.27. The van der Waals surface area contributed by atoms with Gasteiger partial charge in [0.05, 0.1) is 6.10 Å². The molecule has 152 valence electrons. The summed E-state index contributed by atoms with van der Waals surface area (Å²) in [5, 5.41) is 20.5. The molecule has 1 atom stereocenters. The number of aromatic nitrogens is 6. The number of nitrogens with one attached hydrogen (secondary N) is 1.